The first-order valence-electron chi connectivity index (χ1n) is 8.99. The Labute approximate surface area is 166 Å². The molecule has 2 aromatic heterocycles. The molecular weight excluding hydrogens is 406 g/mol. The lowest BCUT2D eigenvalue weighted by Gasteiger charge is -2.33. The van der Waals surface area contributed by atoms with E-state index in [1.807, 2.05) is 13.0 Å². The van der Waals surface area contributed by atoms with Gasteiger partial charge in [-0.1, -0.05) is 12.1 Å². The molecule has 29 heavy (non-hydrogen) atoms. The maximum absolute atomic E-state index is 12.7. The van der Waals surface area contributed by atoms with Crippen LogP contribution in [0.2, 0.25) is 0 Å². The zero-order valence-corrected chi connectivity index (χ0v) is 17.0. The SMILES string of the molecule is CCc1cc(Cn2nc3n(c2=O)CC2(CCN(S(C)(=O)=O)C2)OC3)on1.O=CO. The minimum absolute atomic E-state index is 0.177. The fraction of sp³-hybridized carbons (Fsp3) is 0.625. The van der Waals surface area contributed by atoms with Crippen LogP contribution in [0, 0.1) is 0 Å². The van der Waals surface area contributed by atoms with E-state index in [2.05, 4.69) is 10.3 Å². The Bertz CT molecular complexity index is 1040. The second-order valence-corrected chi connectivity index (χ2v) is 8.99. The summed E-state index contributed by atoms with van der Waals surface area (Å²) in [6.45, 7) is 3.05. The monoisotopic (exact) mass is 429 g/mol. The van der Waals surface area contributed by atoms with Gasteiger partial charge >= 0.3 is 5.69 Å². The fourth-order valence-corrected chi connectivity index (χ4v) is 4.38. The number of aryl methyl sites for hydroxylation is 1. The Kier molecular flexibility index (Phi) is 5.91. The molecule has 2 aromatic rings. The first-order valence-corrected chi connectivity index (χ1v) is 10.8. The van der Waals surface area contributed by atoms with Crippen molar-refractivity contribution in [2.75, 3.05) is 19.3 Å². The zero-order chi connectivity index (χ0) is 21.2. The largest absolute Gasteiger partial charge is 0.483 e. The van der Waals surface area contributed by atoms with Crippen LogP contribution >= 0.6 is 0 Å². The molecule has 1 N–H and O–H groups in total. The van der Waals surface area contributed by atoms with E-state index in [9.17, 15) is 13.2 Å². The summed E-state index contributed by atoms with van der Waals surface area (Å²) in [5.74, 6) is 1.10. The van der Waals surface area contributed by atoms with Gasteiger partial charge < -0.3 is 14.4 Å². The lowest BCUT2D eigenvalue weighted by molar-refractivity contribution is -0.122. The van der Waals surface area contributed by atoms with Crippen molar-refractivity contribution in [1.82, 2.24) is 23.8 Å². The molecule has 0 bridgehead atoms. The molecule has 0 amide bonds. The normalized spacial score (nSPS) is 21.6. The van der Waals surface area contributed by atoms with Gasteiger partial charge in [0.05, 0.1) is 18.5 Å². The lowest BCUT2D eigenvalue weighted by Crippen LogP contribution is -2.47. The Morgan fingerprint density at radius 2 is 2.10 bits per heavy atom. The smallest absolute Gasteiger partial charge is 0.346 e. The number of carbonyl (C=O) groups is 1. The topological polar surface area (TPSA) is 150 Å². The van der Waals surface area contributed by atoms with Crippen LogP contribution in [-0.4, -0.2) is 68.8 Å². The zero-order valence-electron chi connectivity index (χ0n) is 16.1. The second-order valence-electron chi connectivity index (χ2n) is 7.00. The molecular formula is C16H23N5O7S. The summed E-state index contributed by atoms with van der Waals surface area (Å²) in [6.07, 6.45) is 2.50. The molecule has 1 saturated heterocycles. The molecule has 2 aliphatic rings. The maximum atomic E-state index is 12.7. The van der Waals surface area contributed by atoms with E-state index in [4.69, 9.17) is 19.2 Å². The van der Waals surface area contributed by atoms with Gasteiger partial charge in [0, 0.05) is 19.2 Å². The van der Waals surface area contributed by atoms with E-state index >= 15 is 0 Å². The quantitative estimate of drug-likeness (QED) is 0.621. The van der Waals surface area contributed by atoms with Gasteiger partial charge in [-0.05, 0) is 12.8 Å². The number of hydrogen-bond acceptors (Lipinski definition) is 8. The van der Waals surface area contributed by atoms with Crippen molar-refractivity contribution >= 4 is 16.5 Å². The van der Waals surface area contributed by atoms with Crippen molar-refractivity contribution in [1.29, 1.82) is 0 Å². The van der Waals surface area contributed by atoms with E-state index in [1.54, 1.807) is 4.57 Å². The van der Waals surface area contributed by atoms with E-state index in [1.165, 1.54) is 15.2 Å². The summed E-state index contributed by atoms with van der Waals surface area (Å²) in [5.41, 5.74) is -0.101. The third kappa shape index (κ3) is 4.41. The second kappa shape index (κ2) is 8.08. The molecule has 0 aromatic carbocycles. The first kappa shape index (κ1) is 21.2. The minimum atomic E-state index is -3.28. The number of carboxylic acid groups (broad SMARTS) is 1. The van der Waals surface area contributed by atoms with Crippen molar-refractivity contribution in [2.24, 2.45) is 0 Å². The average molecular weight is 429 g/mol. The molecule has 0 aliphatic carbocycles. The van der Waals surface area contributed by atoms with E-state index in [0.29, 0.717) is 31.1 Å². The highest BCUT2D eigenvalue weighted by Crippen LogP contribution is 2.32. The Hall–Kier alpha value is -2.51. The lowest BCUT2D eigenvalue weighted by atomic mass is 10.0. The van der Waals surface area contributed by atoms with Crippen LogP contribution in [0.4, 0.5) is 0 Å². The minimum Gasteiger partial charge on any atom is -0.483 e. The molecule has 4 heterocycles. The van der Waals surface area contributed by atoms with Crippen molar-refractivity contribution in [2.45, 2.75) is 45.1 Å². The molecule has 13 heteroatoms. The average Bonchev–Trinajstić information content (AvgIpc) is 3.36. The molecule has 1 unspecified atom stereocenters. The number of nitrogens with zero attached hydrogens (tertiary/aromatic N) is 5. The van der Waals surface area contributed by atoms with Gasteiger partial charge in [-0.3, -0.25) is 9.36 Å². The number of ether oxygens (including phenoxy) is 1. The van der Waals surface area contributed by atoms with Crippen molar-refractivity contribution < 1.29 is 27.6 Å². The molecule has 4 rings (SSSR count). The van der Waals surface area contributed by atoms with Gasteiger partial charge in [-0.15, -0.1) is 0 Å². The highest BCUT2D eigenvalue weighted by Gasteiger charge is 2.46. The molecule has 0 radical (unpaired) electrons. The molecule has 1 atom stereocenters. The van der Waals surface area contributed by atoms with Gasteiger partial charge in [-0.2, -0.15) is 9.40 Å². The van der Waals surface area contributed by atoms with E-state index in [-0.39, 0.29) is 31.9 Å². The summed E-state index contributed by atoms with van der Waals surface area (Å²) >= 11 is 0. The van der Waals surface area contributed by atoms with Crippen LogP contribution in [0.5, 0.6) is 0 Å². The number of fused-ring (bicyclic) bond motifs is 1. The van der Waals surface area contributed by atoms with Crippen molar-refractivity contribution in [3.63, 3.8) is 0 Å². The van der Waals surface area contributed by atoms with Gasteiger partial charge in [0.25, 0.3) is 6.47 Å². The summed E-state index contributed by atoms with van der Waals surface area (Å²) in [7, 11) is -3.28. The molecule has 2 aliphatic heterocycles. The van der Waals surface area contributed by atoms with Crippen LogP contribution in [0.1, 0.15) is 30.6 Å². The van der Waals surface area contributed by atoms with Crippen LogP contribution in [0.3, 0.4) is 0 Å². The number of aromatic nitrogens is 4. The predicted molar refractivity (Wildman–Crippen MR) is 98.7 cm³/mol. The number of hydrogen-bond donors (Lipinski definition) is 1. The van der Waals surface area contributed by atoms with Gasteiger partial charge in [0.15, 0.2) is 11.6 Å². The van der Waals surface area contributed by atoms with Crippen molar-refractivity contribution in [3.8, 4) is 0 Å². The molecule has 0 saturated carbocycles. The Morgan fingerprint density at radius 3 is 2.69 bits per heavy atom. The summed E-state index contributed by atoms with van der Waals surface area (Å²) in [6, 6.07) is 1.81. The van der Waals surface area contributed by atoms with E-state index < -0.39 is 15.6 Å². The third-order valence-electron chi connectivity index (χ3n) is 4.98. The Balaban J connectivity index is 0.000000755. The molecule has 1 fully saturated rings. The van der Waals surface area contributed by atoms with Crippen LogP contribution in [-0.2, 0) is 45.7 Å². The summed E-state index contributed by atoms with van der Waals surface area (Å²) in [4.78, 5) is 21.1. The van der Waals surface area contributed by atoms with Crippen molar-refractivity contribution in [3.05, 3.63) is 33.8 Å². The van der Waals surface area contributed by atoms with Crippen LogP contribution in [0.25, 0.3) is 0 Å². The standard InChI is InChI=1S/C15H21N5O5S.CH2O2/c1-3-11-6-12(25-17-11)7-20-14(21)19-10-15(24-8-13(19)16-20)4-5-18(9-15)26(2,22)23;2-1-3/h6H,3-5,7-10H2,1-2H3;1H,(H,2,3). The van der Waals surface area contributed by atoms with Crippen LogP contribution < -0.4 is 5.69 Å². The number of sulfonamides is 1. The fourth-order valence-electron chi connectivity index (χ4n) is 3.49. The first-order chi connectivity index (χ1) is 13.7. The van der Waals surface area contributed by atoms with Crippen LogP contribution in [0.15, 0.2) is 15.4 Å². The van der Waals surface area contributed by atoms with Gasteiger partial charge in [-0.25, -0.2) is 17.9 Å². The molecule has 160 valence electrons. The molecule has 1 spiro atoms. The van der Waals surface area contributed by atoms with E-state index in [0.717, 1.165) is 12.1 Å². The third-order valence-corrected chi connectivity index (χ3v) is 6.23. The summed E-state index contributed by atoms with van der Waals surface area (Å²) in [5, 5.41) is 15.1. The maximum Gasteiger partial charge on any atom is 0.346 e. The number of rotatable bonds is 4. The highest BCUT2D eigenvalue weighted by molar-refractivity contribution is 7.88. The highest BCUT2D eigenvalue weighted by atomic mass is 32.2. The van der Waals surface area contributed by atoms with Gasteiger partial charge in [0.2, 0.25) is 10.0 Å². The Morgan fingerprint density at radius 1 is 1.38 bits per heavy atom. The molecule has 12 nitrogen and oxygen atoms in total. The predicted octanol–water partition coefficient (Wildman–Crippen LogP) is -0.721. The summed E-state index contributed by atoms with van der Waals surface area (Å²) < 4.78 is 39.0. The van der Waals surface area contributed by atoms with Gasteiger partial charge in [0.1, 0.15) is 18.8 Å².